The Morgan fingerprint density at radius 2 is 1.87 bits per heavy atom. The zero-order chi connectivity index (χ0) is 11.9. The number of ether oxygens (including phenoxy) is 1. The standard InChI is InChI=1S/C12H27NO2/c1-10(2)8-11(14)9-13-6-7-15-12(3,4)5/h10-11,13-14H,6-9H2,1-5H3. The van der Waals surface area contributed by atoms with Crippen molar-refractivity contribution in [2.75, 3.05) is 19.7 Å². The lowest BCUT2D eigenvalue weighted by Crippen LogP contribution is -2.32. The summed E-state index contributed by atoms with van der Waals surface area (Å²) in [5.74, 6) is 0.549. The lowest BCUT2D eigenvalue weighted by Gasteiger charge is -2.20. The molecule has 0 aromatic rings. The molecule has 1 unspecified atom stereocenters. The Morgan fingerprint density at radius 3 is 2.33 bits per heavy atom. The summed E-state index contributed by atoms with van der Waals surface area (Å²) >= 11 is 0. The Balaban J connectivity index is 3.31. The van der Waals surface area contributed by atoms with Crippen LogP contribution in [-0.2, 0) is 4.74 Å². The van der Waals surface area contributed by atoms with E-state index in [2.05, 4.69) is 19.2 Å². The van der Waals surface area contributed by atoms with Crippen molar-refractivity contribution in [3.05, 3.63) is 0 Å². The highest BCUT2D eigenvalue weighted by atomic mass is 16.5. The van der Waals surface area contributed by atoms with Gasteiger partial charge in [-0.25, -0.2) is 0 Å². The fourth-order valence-electron chi connectivity index (χ4n) is 1.33. The average molecular weight is 217 g/mol. The molecule has 2 N–H and O–H groups in total. The Labute approximate surface area is 94.2 Å². The van der Waals surface area contributed by atoms with Crippen LogP contribution in [0, 0.1) is 5.92 Å². The quantitative estimate of drug-likeness (QED) is 0.639. The van der Waals surface area contributed by atoms with E-state index >= 15 is 0 Å². The van der Waals surface area contributed by atoms with E-state index in [0.717, 1.165) is 13.0 Å². The summed E-state index contributed by atoms with van der Waals surface area (Å²) in [7, 11) is 0. The maximum absolute atomic E-state index is 9.58. The van der Waals surface area contributed by atoms with Crippen LogP contribution in [0.4, 0.5) is 0 Å². The molecule has 92 valence electrons. The predicted molar refractivity (Wildman–Crippen MR) is 64.0 cm³/mol. The molecule has 0 aliphatic rings. The molecule has 0 fully saturated rings. The zero-order valence-electron chi connectivity index (χ0n) is 10.8. The van der Waals surface area contributed by atoms with Gasteiger partial charge in [0.05, 0.1) is 18.3 Å². The molecule has 0 aliphatic heterocycles. The molecule has 0 heterocycles. The number of aliphatic hydroxyl groups excluding tert-OH is 1. The highest BCUT2D eigenvalue weighted by Gasteiger charge is 2.09. The molecule has 0 bridgehead atoms. The number of nitrogens with one attached hydrogen (secondary N) is 1. The van der Waals surface area contributed by atoms with Gasteiger partial charge in [0, 0.05) is 13.1 Å². The minimum atomic E-state index is -0.236. The first kappa shape index (κ1) is 14.9. The molecule has 0 rings (SSSR count). The third-order valence-corrected chi connectivity index (χ3v) is 1.94. The third kappa shape index (κ3) is 11.8. The number of aliphatic hydroxyl groups is 1. The van der Waals surface area contributed by atoms with E-state index in [1.165, 1.54) is 0 Å². The summed E-state index contributed by atoms with van der Waals surface area (Å²) in [6.45, 7) is 12.5. The summed E-state index contributed by atoms with van der Waals surface area (Å²) in [5, 5.41) is 12.8. The lowest BCUT2D eigenvalue weighted by atomic mass is 10.1. The first-order valence-electron chi connectivity index (χ1n) is 5.84. The molecule has 3 nitrogen and oxygen atoms in total. The average Bonchev–Trinajstić information content (AvgIpc) is 1.99. The first-order valence-corrected chi connectivity index (χ1v) is 5.84. The third-order valence-electron chi connectivity index (χ3n) is 1.94. The van der Waals surface area contributed by atoms with Crippen LogP contribution >= 0.6 is 0 Å². The Kier molecular flexibility index (Phi) is 7.14. The van der Waals surface area contributed by atoms with Crippen molar-refractivity contribution in [3.8, 4) is 0 Å². The van der Waals surface area contributed by atoms with Crippen molar-refractivity contribution >= 4 is 0 Å². The monoisotopic (exact) mass is 217 g/mol. The molecule has 3 heteroatoms. The maximum Gasteiger partial charge on any atom is 0.0667 e. The number of hydrogen-bond acceptors (Lipinski definition) is 3. The molecule has 0 saturated heterocycles. The van der Waals surface area contributed by atoms with E-state index in [0.29, 0.717) is 19.1 Å². The summed E-state index contributed by atoms with van der Waals surface area (Å²) < 4.78 is 5.55. The Hall–Kier alpha value is -0.120. The summed E-state index contributed by atoms with van der Waals surface area (Å²) in [6.07, 6.45) is 0.618. The molecular weight excluding hydrogens is 190 g/mol. The lowest BCUT2D eigenvalue weighted by molar-refractivity contribution is -0.00169. The molecule has 15 heavy (non-hydrogen) atoms. The van der Waals surface area contributed by atoms with Gasteiger partial charge in [-0.15, -0.1) is 0 Å². The van der Waals surface area contributed by atoms with E-state index in [9.17, 15) is 5.11 Å². The van der Waals surface area contributed by atoms with E-state index in [4.69, 9.17) is 4.74 Å². The minimum Gasteiger partial charge on any atom is -0.392 e. The molecule has 0 aromatic heterocycles. The van der Waals surface area contributed by atoms with Gasteiger partial charge in [-0.05, 0) is 33.1 Å². The van der Waals surface area contributed by atoms with Crippen LogP contribution in [0.1, 0.15) is 41.0 Å². The summed E-state index contributed by atoms with van der Waals surface area (Å²) in [6, 6.07) is 0. The van der Waals surface area contributed by atoms with Gasteiger partial charge in [-0.2, -0.15) is 0 Å². The van der Waals surface area contributed by atoms with Crippen molar-refractivity contribution in [2.24, 2.45) is 5.92 Å². The van der Waals surface area contributed by atoms with Crippen LogP contribution in [0.15, 0.2) is 0 Å². The summed E-state index contributed by atoms with van der Waals surface area (Å²) in [4.78, 5) is 0. The van der Waals surface area contributed by atoms with Gasteiger partial charge in [-0.1, -0.05) is 13.8 Å². The topological polar surface area (TPSA) is 41.5 Å². The van der Waals surface area contributed by atoms with Crippen LogP contribution in [0.5, 0.6) is 0 Å². The van der Waals surface area contributed by atoms with Crippen molar-refractivity contribution in [3.63, 3.8) is 0 Å². The zero-order valence-corrected chi connectivity index (χ0v) is 10.8. The second-order valence-electron chi connectivity index (χ2n) is 5.45. The van der Waals surface area contributed by atoms with Crippen LogP contribution in [0.2, 0.25) is 0 Å². The van der Waals surface area contributed by atoms with E-state index < -0.39 is 0 Å². The van der Waals surface area contributed by atoms with Gasteiger partial charge >= 0.3 is 0 Å². The van der Waals surface area contributed by atoms with E-state index in [1.807, 2.05) is 20.8 Å². The largest absolute Gasteiger partial charge is 0.392 e. The van der Waals surface area contributed by atoms with Crippen molar-refractivity contribution < 1.29 is 9.84 Å². The van der Waals surface area contributed by atoms with Gasteiger partial charge in [0.25, 0.3) is 0 Å². The summed E-state index contributed by atoms with van der Waals surface area (Å²) in [5.41, 5.74) is -0.0712. The molecule has 0 radical (unpaired) electrons. The van der Waals surface area contributed by atoms with E-state index in [-0.39, 0.29) is 11.7 Å². The Bertz CT molecular complexity index is 152. The SMILES string of the molecule is CC(C)CC(O)CNCCOC(C)(C)C. The fraction of sp³-hybridized carbons (Fsp3) is 1.00. The van der Waals surface area contributed by atoms with Crippen molar-refractivity contribution in [1.82, 2.24) is 5.32 Å². The van der Waals surface area contributed by atoms with Crippen molar-refractivity contribution in [1.29, 1.82) is 0 Å². The van der Waals surface area contributed by atoms with Crippen LogP contribution in [-0.4, -0.2) is 36.5 Å². The number of hydrogen-bond donors (Lipinski definition) is 2. The smallest absolute Gasteiger partial charge is 0.0667 e. The van der Waals surface area contributed by atoms with Crippen LogP contribution in [0.3, 0.4) is 0 Å². The molecule has 0 amide bonds. The van der Waals surface area contributed by atoms with Gasteiger partial charge in [0.15, 0.2) is 0 Å². The maximum atomic E-state index is 9.58. The molecule has 1 atom stereocenters. The van der Waals surface area contributed by atoms with Crippen molar-refractivity contribution in [2.45, 2.75) is 52.7 Å². The number of rotatable bonds is 7. The minimum absolute atomic E-state index is 0.0712. The highest BCUT2D eigenvalue weighted by Crippen LogP contribution is 2.05. The van der Waals surface area contributed by atoms with Gasteiger partial charge in [0.1, 0.15) is 0 Å². The fourth-order valence-corrected chi connectivity index (χ4v) is 1.33. The molecule has 0 spiro atoms. The first-order chi connectivity index (χ1) is 6.81. The van der Waals surface area contributed by atoms with E-state index in [1.54, 1.807) is 0 Å². The second-order valence-corrected chi connectivity index (χ2v) is 5.45. The van der Waals surface area contributed by atoms with Crippen LogP contribution in [0.25, 0.3) is 0 Å². The van der Waals surface area contributed by atoms with Gasteiger partial charge < -0.3 is 15.2 Å². The molecule has 0 saturated carbocycles. The molecule has 0 aliphatic carbocycles. The van der Waals surface area contributed by atoms with Crippen LogP contribution < -0.4 is 5.32 Å². The normalized spacial score (nSPS) is 14.6. The van der Waals surface area contributed by atoms with Gasteiger partial charge in [-0.3, -0.25) is 0 Å². The van der Waals surface area contributed by atoms with Gasteiger partial charge in [0.2, 0.25) is 0 Å². The molecule has 0 aromatic carbocycles. The predicted octanol–water partition coefficient (Wildman–Crippen LogP) is 1.80. The molecular formula is C12H27NO2. The Morgan fingerprint density at radius 1 is 1.27 bits per heavy atom. The second kappa shape index (κ2) is 7.20. The highest BCUT2D eigenvalue weighted by molar-refractivity contribution is 4.63.